The lowest BCUT2D eigenvalue weighted by molar-refractivity contribution is 0.666. The molecule has 4 aromatic carbocycles. The highest BCUT2D eigenvalue weighted by atomic mass is 16.3. The molecular formula is C25H14N2O. The Bertz CT molecular complexity index is 1580. The standard InChI is InChI=1S/C25H14N2O/c26-15-16-12-13-22-20(14-16)17-6-1-3-9-21(17)27(22)23-10-5-8-19-18-7-2-4-11-24(18)28-25(19)23/h1-14H. The number of hydrogen-bond donors (Lipinski definition) is 0. The van der Waals surface area contributed by atoms with E-state index < -0.39 is 0 Å². The number of hydrogen-bond acceptors (Lipinski definition) is 2. The number of benzene rings is 4. The van der Waals surface area contributed by atoms with Gasteiger partial charge in [0.2, 0.25) is 0 Å². The Hall–Kier alpha value is -4.03. The van der Waals surface area contributed by atoms with Crippen LogP contribution in [0.3, 0.4) is 0 Å². The van der Waals surface area contributed by atoms with Crippen LogP contribution in [0, 0.1) is 11.3 Å². The van der Waals surface area contributed by atoms with Crippen molar-refractivity contribution in [2.75, 3.05) is 0 Å². The van der Waals surface area contributed by atoms with Gasteiger partial charge in [0.15, 0.2) is 5.58 Å². The lowest BCUT2D eigenvalue weighted by Gasteiger charge is -2.08. The molecule has 0 saturated carbocycles. The summed E-state index contributed by atoms with van der Waals surface area (Å²) in [4.78, 5) is 0. The Morgan fingerprint density at radius 3 is 2.32 bits per heavy atom. The molecule has 0 aliphatic carbocycles. The molecule has 0 radical (unpaired) electrons. The largest absolute Gasteiger partial charge is 0.454 e. The molecule has 0 aliphatic rings. The first-order valence-electron chi connectivity index (χ1n) is 9.19. The monoisotopic (exact) mass is 358 g/mol. The van der Waals surface area contributed by atoms with Gasteiger partial charge in [0.05, 0.1) is 28.4 Å². The van der Waals surface area contributed by atoms with Gasteiger partial charge in [-0.1, -0.05) is 48.5 Å². The molecule has 0 unspecified atom stereocenters. The van der Waals surface area contributed by atoms with Crippen molar-refractivity contribution in [3.8, 4) is 11.8 Å². The zero-order valence-electron chi connectivity index (χ0n) is 14.9. The summed E-state index contributed by atoms with van der Waals surface area (Å²) in [5.74, 6) is 0. The molecule has 3 heteroatoms. The lowest BCUT2D eigenvalue weighted by Crippen LogP contribution is -1.94. The molecule has 6 rings (SSSR count). The van der Waals surface area contributed by atoms with E-state index in [9.17, 15) is 5.26 Å². The molecule has 3 nitrogen and oxygen atoms in total. The van der Waals surface area contributed by atoms with Crippen LogP contribution < -0.4 is 0 Å². The smallest absolute Gasteiger partial charge is 0.159 e. The summed E-state index contributed by atoms with van der Waals surface area (Å²) >= 11 is 0. The molecule has 28 heavy (non-hydrogen) atoms. The van der Waals surface area contributed by atoms with Crippen molar-refractivity contribution >= 4 is 43.7 Å². The van der Waals surface area contributed by atoms with Crippen molar-refractivity contribution in [1.82, 2.24) is 4.57 Å². The molecule has 0 atom stereocenters. The normalized spacial score (nSPS) is 11.5. The van der Waals surface area contributed by atoms with Crippen LogP contribution in [0.1, 0.15) is 5.56 Å². The van der Waals surface area contributed by atoms with E-state index in [0.717, 1.165) is 49.4 Å². The molecule has 0 amide bonds. The van der Waals surface area contributed by atoms with Crippen LogP contribution in [-0.2, 0) is 0 Å². The number of aromatic nitrogens is 1. The Morgan fingerprint density at radius 1 is 0.679 bits per heavy atom. The molecule has 0 fully saturated rings. The van der Waals surface area contributed by atoms with Gasteiger partial charge < -0.3 is 8.98 Å². The van der Waals surface area contributed by atoms with Crippen LogP contribution >= 0.6 is 0 Å². The van der Waals surface area contributed by atoms with Gasteiger partial charge in [-0.25, -0.2) is 0 Å². The number of fused-ring (bicyclic) bond motifs is 6. The first-order valence-corrected chi connectivity index (χ1v) is 9.19. The maximum atomic E-state index is 9.34. The molecule has 0 saturated heterocycles. The van der Waals surface area contributed by atoms with Crippen molar-refractivity contribution in [2.45, 2.75) is 0 Å². The first-order chi connectivity index (χ1) is 13.8. The lowest BCUT2D eigenvalue weighted by atomic mass is 10.1. The summed E-state index contributed by atoms with van der Waals surface area (Å²) in [6, 6.07) is 30.8. The Kier molecular flexibility index (Phi) is 2.95. The van der Waals surface area contributed by atoms with Crippen molar-refractivity contribution in [3.63, 3.8) is 0 Å². The molecule has 130 valence electrons. The van der Waals surface area contributed by atoms with Gasteiger partial charge in [0.25, 0.3) is 0 Å². The predicted octanol–water partition coefficient (Wildman–Crippen LogP) is 6.55. The number of rotatable bonds is 1. The molecule has 0 N–H and O–H groups in total. The quantitative estimate of drug-likeness (QED) is 0.334. The minimum absolute atomic E-state index is 0.664. The Labute approximate surface area is 160 Å². The minimum Gasteiger partial charge on any atom is -0.454 e. The van der Waals surface area contributed by atoms with Crippen molar-refractivity contribution < 1.29 is 4.42 Å². The van der Waals surface area contributed by atoms with E-state index in [0.29, 0.717) is 5.56 Å². The molecule has 6 aromatic rings. The van der Waals surface area contributed by atoms with Crippen LogP contribution in [0.4, 0.5) is 0 Å². The summed E-state index contributed by atoms with van der Waals surface area (Å²) in [7, 11) is 0. The van der Waals surface area contributed by atoms with Crippen molar-refractivity contribution in [1.29, 1.82) is 5.26 Å². The van der Waals surface area contributed by atoms with E-state index in [1.165, 1.54) is 0 Å². The summed E-state index contributed by atoms with van der Waals surface area (Å²) in [6.45, 7) is 0. The maximum absolute atomic E-state index is 9.34. The SMILES string of the molecule is N#Cc1ccc2c(c1)c1ccccc1n2-c1cccc2c1oc1ccccc12. The zero-order chi connectivity index (χ0) is 18.7. The number of nitriles is 1. The van der Waals surface area contributed by atoms with Gasteiger partial charge in [0, 0.05) is 21.5 Å². The third-order valence-corrected chi connectivity index (χ3v) is 5.43. The predicted molar refractivity (Wildman–Crippen MR) is 113 cm³/mol. The minimum atomic E-state index is 0.664. The van der Waals surface area contributed by atoms with Gasteiger partial charge >= 0.3 is 0 Å². The molecular weight excluding hydrogens is 344 g/mol. The Morgan fingerprint density at radius 2 is 1.43 bits per heavy atom. The van der Waals surface area contributed by atoms with Crippen molar-refractivity contribution in [2.24, 2.45) is 0 Å². The average molecular weight is 358 g/mol. The molecule has 2 heterocycles. The fraction of sp³-hybridized carbons (Fsp3) is 0. The molecule has 2 aromatic heterocycles. The summed E-state index contributed by atoms with van der Waals surface area (Å²) < 4.78 is 8.51. The van der Waals surface area contributed by atoms with Gasteiger partial charge in [-0.15, -0.1) is 0 Å². The molecule has 0 spiro atoms. The molecule has 0 bridgehead atoms. The van der Waals surface area contributed by atoms with E-state index in [2.05, 4.69) is 47.0 Å². The summed E-state index contributed by atoms with van der Waals surface area (Å²) in [6.07, 6.45) is 0. The maximum Gasteiger partial charge on any atom is 0.159 e. The second kappa shape index (κ2) is 5.48. The Balaban J connectivity index is 1.81. The second-order valence-electron chi connectivity index (χ2n) is 6.95. The highest BCUT2D eigenvalue weighted by molar-refractivity contribution is 6.12. The zero-order valence-corrected chi connectivity index (χ0v) is 14.9. The summed E-state index contributed by atoms with van der Waals surface area (Å²) in [5, 5.41) is 13.8. The van der Waals surface area contributed by atoms with Gasteiger partial charge in [-0.05, 0) is 36.4 Å². The van der Waals surface area contributed by atoms with Gasteiger partial charge in [-0.2, -0.15) is 5.26 Å². The second-order valence-corrected chi connectivity index (χ2v) is 6.95. The average Bonchev–Trinajstić information content (AvgIpc) is 3.29. The first kappa shape index (κ1) is 15.1. The van der Waals surface area contributed by atoms with Crippen LogP contribution in [0.25, 0.3) is 49.4 Å². The highest BCUT2D eigenvalue weighted by Gasteiger charge is 2.17. The van der Waals surface area contributed by atoms with Crippen LogP contribution in [0.5, 0.6) is 0 Å². The van der Waals surface area contributed by atoms with E-state index in [-0.39, 0.29) is 0 Å². The van der Waals surface area contributed by atoms with E-state index in [1.54, 1.807) is 0 Å². The molecule has 0 aliphatic heterocycles. The number of para-hydroxylation sites is 3. The van der Waals surface area contributed by atoms with E-state index >= 15 is 0 Å². The van der Waals surface area contributed by atoms with Crippen LogP contribution in [0.2, 0.25) is 0 Å². The third kappa shape index (κ3) is 1.92. The third-order valence-electron chi connectivity index (χ3n) is 5.43. The fourth-order valence-electron chi connectivity index (χ4n) is 4.21. The van der Waals surface area contributed by atoms with E-state index in [1.807, 2.05) is 48.5 Å². The topological polar surface area (TPSA) is 41.9 Å². The summed E-state index contributed by atoms with van der Waals surface area (Å²) in [5.41, 5.74) is 5.59. The van der Waals surface area contributed by atoms with E-state index in [4.69, 9.17) is 4.42 Å². The van der Waals surface area contributed by atoms with Gasteiger partial charge in [0.1, 0.15) is 5.58 Å². The van der Waals surface area contributed by atoms with Crippen LogP contribution in [0.15, 0.2) is 89.3 Å². The number of furan rings is 1. The van der Waals surface area contributed by atoms with Crippen LogP contribution in [-0.4, -0.2) is 4.57 Å². The highest BCUT2D eigenvalue weighted by Crippen LogP contribution is 2.37. The van der Waals surface area contributed by atoms with Crippen molar-refractivity contribution in [3.05, 3.63) is 90.5 Å². The van der Waals surface area contributed by atoms with Gasteiger partial charge in [-0.3, -0.25) is 0 Å². The number of nitrogens with zero attached hydrogens (tertiary/aromatic N) is 2. The fourth-order valence-corrected chi connectivity index (χ4v) is 4.21.